The SMILES string of the molecule is C=C1c2c(Cl)cc(Cl)c(C)c2N=C(CNCC)N1CC. The van der Waals surface area contributed by atoms with Gasteiger partial charge in [-0.1, -0.05) is 36.7 Å². The van der Waals surface area contributed by atoms with Crippen molar-refractivity contribution in [2.75, 3.05) is 19.6 Å². The number of amidine groups is 1. The molecule has 0 unspecified atom stereocenters. The Labute approximate surface area is 130 Å². The minimum atomic E-state index is 0.602. The normalized spacial score (nSPS) is 14.3. The van der Waals surface area contributed by atoms with E-state index in [0.29, 0.717) is 16.6 Å². The van der Waals surface area contributed by atoms with Crippen molar-refractivity contribution < 1.29 is 0 Å². The zero-order chi connectivity index (χ0) is 14.9. The second-order valence-electron chi connectivity index (χ2n) is 4.69. The summed E-state index contributed by atoms with van der Waals surface area (Å²) in [5, 5.41) is 4.54. The molecule has 0 spiro atoms. The van der Waals surface area contributed by atoms with Crippen molar-refractivity contribution in [3.8, 4) is 0 Å². The van der Waals surface area contributed by atoms with Crippen LogP contribution in [0.2, 0.25) is 10.0 Å². The molecular formula is C15H19Cl2N3. The average molecular weight is 312 g/mol. The molecular weight excluding hydrogens is 293 g/mol. The van der Waals surface area contributed by atoms with Crippen molar-refractivity contribution in [1.29, 1.82) is 0 Å². The summed E-state index contributed by atoms with van der Waals surface area (Å²) < 4.78 is 0. The van der Waals surface area contributed by atoms with Gasteiger partial charge in [-0.15, -0.1) is 0 Å². The highest BCUT2D eigenvalue weighted by atomic mass is 35.5. The first kappa shape index (κ1) is 15.4. The lowest BCUT2D eigenvalue weighted by Gasteiger charge is -2.33. The maximum Gasteiger partial charge on any atom is 0.123 e. The largest absolute Gasteiger partial charge is 0.329 e. The zero-order valence-electron chi connectivity index (χ0n) is 12.1. The molecule has 0 atom stereocenters. The van der Waals surface area contributed by atoms with E-state index in [-0.39, 0.29) is 0 Å². The number of halogens is 2. The van der Waals surface area contributed by atoms with E-state index in [1.165, 1.54) is 0 Å². The van der Waals surface area contributed by atoms with Gasteiger partial charge in [-0.25, -0.2) is 4.99 Å². The number of hydrogen-bond acceptors (Lipinski definition) is 3. The molecule has 1 heterocycles. The third-order valence-corrected chi connectivity index (χ3v) is 4.15. The summed E-state index contributed by atoms with van der Waals surface area (Å²) in [7, 11) is 0. The predicted molar refractivity (Wildman–Crippen MR) is 88.3 cm³/mol. The van der Waals surface area contributed by atoms with Gasteiger partial charge in [-0.3, -0.25) is 0 Å². The fourth-order valence-corrected chi connectivity index (χ4v) is 2.91. The van der Waals surface area contributed by atoms with Gasteiger partial charge < -0.3 is 10.2 Å². The first-order valence-corrected chi connectivity index (χ1v) is 7.50. The minimum Gasteiger partial charge on any atom is -0.329 e. The van der Waals surface area contributed by atoms with Gasteiger partial charge in [0.25, 0.3) is 0 Å². The van der Waals surface area contributed by atoms with E-state index in [1.54, 1.807) is 6.07 Å². The lowest BCUT2D eigenvalue weighted by Crippen LogP contribution is -2.38. The number of hydrogen-bond donors (Lipinski definition) is 1. The van der Waals surface area contributed by atoms with Gasteiger partial charge in [-0.2, -0.15) is 0 Å². The van der Waals surface area contributed by atoms with Crippen LogP contribution in [0.4, 0.5) is 5.69 Å². The Morgan fingerprint density at radius 3 is 2.60 bits per heavy atom. The van der Waals surface area contributed by atoms with Crippen LogP contribution in [-0.2, 0) is 0 Å². The van der Waals surface area contributed by atoms with Crippen molar-refractivity contribution in [3.63, 3.8) is 0 Å². The predicted octanol–water partition coefficient (Wildman–Crippen LogP) is 4.25. The average Bonchev–Trinajstić information content (AvgIpc) is 2.41. The van der Waals surface area contributed by atoms with Crippen molar-refractivity contribution in [2.24, 2.45) is 4.99 Å². The van der Waals surface area contributed by atoms with Crippen LogP contribution >= 0.6 is 23.2 Å². The molecule has 0 aromatic heterocycles. The van der Waals surface area contributed by atoms with Crippen LogP contribution in [0.3, 0.4) is 0 Å². The number of aliphatic imine (C=N–C) groups is 1. The number of likely N-dealkylation sites (N-methyl/N-ethyl adjacent to an activating group) is 2. The Bertz CT molecular complexity index is 579. The maximum absolute atomic E-state index is 6.33. The van der Waals surface area contributed by atoms with Crippen LogP contribution in [-0.4, -0.2) is 30.4 Å². The molecule has 1 aliphatic heterocycles. The maximum atomic E-state index is 6.33. The highest BCUT2D eigenvalue weighted by Gasteiger charge is 2.26. The zero-order valence-corrected chi connectivity index (χ0v) is 13.6. The van der Waals surface area contributed by atoms with Crippen molar-refractivity contribution in [1.82, 2.24) is 10.2 Å². The first-order chi connectivity index (χ1) is 9.51. The van der Waals surface area contributed by atoms with E-state index in [4.69, 9.17) is 28.2 Å². The van der Waals surface area contributed by atoms with Gasteiger partial charge in [0, 0.05) is 22.8 Å². The third-order valence-electron chi connectivity index (χ3n) is 3.46. The number of nitrogens with zero attached hydrogens (tertiary/aromatic N) is 2. The molecule has 3 nitrogen and oxygen atoms in total. The second kappa shape index (κ2) is 6.17. The van der Waals surface area contributed by atoms with Crippen LogP contribution in [0.1, 0.15) is 25.0 Å². The molecule has 0 amide bonds. The van der Waals surface area contributed by atoms with Crippen LogP contribution in [0, 0.1) is 6.92 Å². The summed E-state index contributed by atoms with van der Waals surface area (Å²) in [4.78, 5) is 6.84. The minimum absolute atomic E-state index is 0.602. The fourth-order valence-electron chi connectivity index (χ4n) is 2.34. The van der Waals surface area contributed by atoms with Gasteiger partial charge in [-0.05, 0) is 32.0 Å². The van der Waals surface area contributed by atoms with Crippen molar-refractivity contribution >= 4 is 40.4 Å². The van der Waals surface area contributed by atoms with Gasteiger partial charge >= 0.3 is 0 Å². The van der Waals surface area contributed by atoms with Gasteiger partial charge in [0.15, 0.2) is 0 Å². The van der Waals surface area contributed by atoms with E-state index < -0.39 is 0 Å². The third kappa shape index (κ3) is 2.58. The molecule has 1 aromatic carbocycles. The summed E-state index contributed by atoms with van der Waals surface area (Å²) in [5.74, 6) is 0.952. The van der Waals surface area contributed by atoms with Gasteiger partial charge in [0.2, 0.25) is 0 Å². The molecule has 1 aromatic rings. The molecule has 0 aliphatic carbocycles. The molecule has 0 fully saturated rings. The number of nitrogens with one attached hydrogen (secondary N) is 1. The van der Waals surface area contributed by atoms with Crippen LogP contribution < -0.4 is 5.32 Å². The molecule has 0 saturated heterocycles. The second-order valence-corrected chi connectivity index (χ2v) is 5.50. The van der Waals surface area contributed by atoms with Gasteiger partial charge in [0.1, 0.15) is 5.84 Å². The van der Waals surface area contributed by atoms with E-state index in [2.05, 4.69) is 30.6 Å². The molecule has 0 bridgehead atoms. The quantitative estimate of drug-likeness (QED) is 0.900. The monoisotopic (exact) mass is 311 g/mol. The fraction of sp³-hybridized carbons (Fsp3) is 0.400. The van der Waals surface area contributed by atoms with Gasteiger partial charge in [0.05, 0.1) is 17.3 Å². The molecule has 2 rings (SSSR count). The molecule has 1 aliphatic rings. The topological polar surface area (TPSA) is 27.6 Å². The Kier molecular flexibility index (Phi) is 4.74. The standard InChI is InChI=1S/C15H19Cl2N3/c1-5-18-8-13-19-15-9(3)11(16)7-12(17)14(15)10(4)20(13)6-2/h7,18H,4-6,8H2,1-3H3. The molecule has 0 radical (unpaired) electrons. The van der Waals surface area contributed by atoms with E-state index >= 15 is 0 Å². The van der Waals surface area contributed by atoms with Crippen LogP contribution in [0.5, 0.6) is 0 Å². The molecule has 0 saturated carbocycles. The summed E-state index contributed by atoms with van der Waals surface area (Å²) in [6.45, 7) is 12.7. The lowest BCUT2D eigenvalue weighted by molar-refractivity contribution is 0.589. The Hall–Kier alpha value is -1.03. The van der Waals surface area contributed by atoms with E-state index in [1.807, 2.05) is 6.92 Å². The summed E-state index contributed by atoms with van der Waals surface area (Å²) in [6.07, 6.45) is 0. The first-order valence-electron chi connectivity index (χ1n) is 6.74. The summed E-state index contributed by atoms with van der Waals surface area (Å²) in [6, 6.07) is 1.76. The highest BCUT2D eigenvalue weighted by molar-refractivity contribution is 6.37. The number of benzene rings is 1. The van der Waals surface area contributed by atoms with E-state index in [0.717, 1.165) is 41.4 Å². The lowest BCUT2D eigenvalue weighted by atomic mass is 10.0. The molecule has 5 heteroatoms. The Balaban J connectivity index is 2.59. The number of fused-ring (bicyclic) bond motifs is 1. The number of rotatable bonds is 4. The van der Waals surface area contributed by atoms with E-state index in [9.17, 15) is 0 Å². The Morgan fingerprint density at radius 1 is 1.30 bits per heavy atom. The molecule has 1 N–H and O–H groups in total. The van der Waals surface area contributed by atoms with Crippen LogP contribution in [0.25, 0.3) is 5.70 Å². The van der Waals surface area contributed by atoms with Crippen LogP contribution in [0.15, 0.2) is 17.6 Å². The smallest absolute Gasteiger partial charge is 0.123 e. The Morgan fingerprint density at radius 2 is 2.00 bits per heavy atom. The molecule has 20 heavy (non-hydrogen) atoms. The summed E-state index contributed by atoms with van der Waals surface area (Å²) in [5.41, 5.74) is 3.55. The van der Waals surface area contributed by atoms with Crippen molar-refractivity contribution in [2.45, 2.75) is 20.8 Å². The van der Waals surface area contributed by atoms with Crippen molar-refractivity contribution in [3.05, 3.63) is 33.8 Å². The summed E-state index contributed by atoms with van der Waals surface area (Å²) >= 11 is 12.5. The highest BCUT2D eigenvalue weighted by Crippen LogP contribution is 2.43. The molecule has 108 valence electrons.